The summed E-state index contributed by atoms with van der Waals surface area (Å²) in [6.45, 7) is 0. The molecule has 92 valence electrons. The number of phenols is 1. The molecule has 1 aromatic heterocycles. The maximum Gasteiger partial charge on any atom is 0.259 e. The molecule has 0 aliphatic carbocycles. The van der Waals surface area contributed by atoms with Gasteiger partial charge in [0.15, 0.2) is 0 Å². The first kappa shape index (κ1) is 12.4. The van der Waals surface area contributed by atoms with E-state index in [1.165, 1.54) is 23.1 Å². The fraction of sp³-hybridized carbons (Fsp3) is 0.0769. The van der Waals surface area contributed by atoms with Crippen molar-refractivity contribution in [1.82, 2.24) is 4.98 Å². The number of rotatable bonds is 2. The van der Waals surface area contributed by atoms with E-state index in [1.807, 2.05) is 0 Å². The number of amides is 1. The maximum absolute atomic E-state index is 12.2. The highest BCUT2D eigenvalue weighted by atomic mass is 35.5. The summed E-state index contributed by atoms with van der Waals surface area (Å²) in [6.07, 6.45) is 1.61. The van der Waals surface area contributed by atoms with Gasteiger partial charge in [-0.1, -0.05) is 17.7 Å². The average Bonchev–Trinajstić information content (AvgIpc) is 2.41. The summed E-state index contributed by atoms with van der Waals surface area (Å²) >= 11 is 5.77. The zero-order chi connectivity index (χ0) is 13.1. The molecule has 0 aliphatic heterocycles. The average molecular weight is 263 g/mol. The molecule has 18 heavy (non-hydrogen) atoms. The van der Waals surface area contributed by atoms with Crippen molar-refractivity contribution in [2.75, 3.05) is 11.9 Å². The Labute approximate surface area is 109 Å². The number of anilines is 1. The van der Waals surface area contributed by atoms with E-state index in [1.54, 1.807) is 31.4 Å². The third-order valence-electron chi connectivity index (χ3n) is 2.49. The molecule has 1 amide bonds. The molecule has 1 aromatic carbocycles. The molecule has 2 rings (SSSR count). The first-order chi connectivity index (χ1) is 8.59. The predicted octanol–water partition coefficient (Wildman–Crippen LogP) is 2.72. The Bertz CT molecular complexity index is 572. The lowest BCUT2D eigenvalue weighted by Crippen LogP contribution is -2.26. The van der Waals surface area contributed by atoms with Gasteiger partial charge in [-0.2, -0.15) is 0 Å². The number of pyridine rings is 1. The topological polar surface area (TPSA) is 53.4 Å². The van der Waals surface area contributed by atoms with Crippen LogP contribution in [0.4, 0.5) is 5.82 Å². The molecule has 0 saturated carbocycles. The van der Waals surface area contributed by atoms with Crippen molar-refractivity contribution in [1.29, 1.82) is 0 Å². The molecule has 2 aromatic rings. The van der Waals surface area contributed by atoms with Crippen LogP contribution in [-0.2, 0) is 0 Å². The van der Waals surface area contributed by atoms with Gasteiger partial charge in [0.1, 0.15) is 11.6 Å². The largest absolute Gasteiger partial charge is 0.506 e. The van der Waals surface area contributed by atoms with Crippen LogP contribution in [0.2, 0.25) is 5.02 Å². The lowest BCUT2D eigenvalue weighted by Gasteiger charge is -2.16. The molecule has 0 bridgehead atoms. The standard InChI is InChI=1S/C13H11ClN2O2/c1-16(12-4-2-3-7-15-12)13(18)9-5-6-11(17)10(14)8-9/h2-8,17H,1H3. The van der Waals surface area contributed by atoms with E-state index in [0.29, 0.717) is 11.4 Å². The van der Waals surface area contributed by atoms with Crippen LogP contribution in [0.3, 0.4) is 0 Å². The summed E-state index contributed by atoms with van der Waals surface area (Å²) in [6, 6.07) is 9.65. The van der Waals surface area contributed by atoms with Crippen LogP contribution >= 0.6 is 11.6 Å². The minimum Gasteiger partial charge on any atom is -0.506 e. The number of benzene rings is 1. The number of halogens is 1. The van der Waals surface area contributed by atoms with Crippen molar-refractivity contribution in [3.63, 3.8) is 0 Å². The van der Waals surface area contributed by atoms with Crippen molar-refractivity contribution >= 4 is 23.3 Å². The second-order valence-corrected chi connectivity index (χ2v) is 4.13. The predicted molar refractivity (Wildman–Crippen MR) is 70.1 cm³/mol. The Morgan fingerprint density at radius 1 is 1.33 bits per heavy atom. The number of aromatic hydroxyl groups is 1. The summed E-state index contributed by atoms with van der Waals surface area (Å²) in [4.78, 5) is 17.7. The van der Waals surface area contributed by atoms with Gasteiger partial charge >= 0.3 is 0 Å². The van der Waals surface area contributed by atoms with Crippen molar-refractivity contribution in [3.05, 3.63) is 53.2 Å². The van der Waals surface area contributed by atoms with E-state index in [4.69, 9.17) is 11.6 Å². The third-order valence-corrected chi connectivity index (χ3v) is 2.79. The molecule has 0 spiro atoms. The van der Waals surface area contributed by atoms with E-state index in [-0.39, 0.29) is 16.7 Å². The van der Waals surface area contributed by atoms with Gasteiger partial charge in [-0.3, -0.25) is 9.69 Å². The zero-order valence-corrected chi connectivity index (χ0v) is 10.4. The minimum absolute atomic E-state index is 0.0475. The first-order valence-corrected chi connectivity index (χ1v) is 5.65. The molecular weight excluding hydrogens is 252 g/mol. The van der Waals surface area contributed by atoms with Crippen molar-refractivity contribution < 1.29 is 9.90 Å². The highest BCUT2D eigenvalue weighted by molar-refractivity contribution is 6.32. The molecule has 0 fully saturated rings. The van der Waals surface area contributed by atoms with Crippen molar-refractivity contribution in [2.24, 2.45) is 0 Å². The van der Waals surface area contributed by atoms with Crippen LogP contribution in [0.15, 0.2) is 42.6 Å². The summed E-state index contributed by atoms with van der Waals surface area (Å²) in [5.41, 5.74) is 0.394. The molecule has 0 aliphatic rings. The molecule has 0 saturated heterocycles. The first-order valence-electron chi connectivity index (χ1n) is 5.27. The molecule has 4 nitrogen and oxygen atoms in total. The van der Waals surface area contributed by atoms with Gasteiger partial charge in [0.05, 0.1) is 5.02 Å². The lowest BCUT2D eigenvalue weighted by molar-refractivity contribution is 0.0992. The lowest BCUT2D eigenvalue weighted by atomic mass is 10.2. The number of hydrogen-bond donors (Lipinski definition) is 1. The number of phenolic OH excluding ortho intramolecular Hbond substituents is 1. The highest BCUT2D eigenvalue weighted by Crippen LogP contribution is 2.24. The molecular formula is C13H11ClN2O2. The second kappa shape index (κ2) is 5.06. The van der Waals surface area contributed by atoms with E-state index >= 15 is 0 Å². The number of carbonyl (C=O) groups excluding carboxylic acids is 1. The van der Waals surface area contributed by atoms with Gasteiger partial charge in [-0.05, 0) is 30.3 Å². The van der Waals surface area contributed by atoms with Crippen LogP contribution in [0.1, 0.15) is 10.4 Å². The van der Waals surface area contributed by atoms with Crippen molar-refractivity contribution in [2.45, 2.75) is 0 Å². The molecule has 5 heteroatoms. The van der Waals surface area contributed by atoms with Gasteiger partial charge in [-0.15, -0.1) is 0 Å². The Morgan fingerprint density at radius 3 is 2.72 bits per heavy atom. The SMILES string of the molecule is CN(C(=O)c1ccc(O)c(Cl)c1)c1ccccn1. The minimum atomic E-state index is -0.240. The monoisotopic (exact) mass is 262 g/mol. The van der Waals surface area contributed by atoms with Crippen LogP contribution in [-0.4, -0.2) is 23.0 Å². The fourth-order valence-electron chi connectivity index (χ4n) is 1.49. The van der Waals surface area contributed by atoms with E-state index in [9.17, 15) is 9.90 Å². The molecule has 1 heterocycles. The van der Waals surface area contributed by atoms with E-state index in [0.717, 1.165) is 0 Å². The van der Waals surface area contributed by atoms with Gasteiger partial charge in [0.2, 0.25) is 0 Å². The van der Waals surface area contributed by atoms with Crippen LogP contribution in [0.25, 0.3) is 0 Å². The van der Waals surface area contributed by atoms with Crippen LogP contribution in [0, 0.1) is 0 Å². The molecule has 0 atom stereocenters. The van der Waals surface area contributed by atoms with Gasteiger partial charge in [0, 0.05) is 18.8 Å². The summed E-state index contributed by atoms with van der Waals surface area (Å²) in [5.74, 6) is 0.260. The van der Waals surface area contributed by atoms with Crippen molar-refractivity contribution in [3.8, 4) is 5.75 Å². The summed E-state index contributed by atoms with van der Waals surface area (Å²) in [7, 11) is 1.63. The quantitative estimate of drug-likeness (QED) is 0.905. The molecule has 1 N–H and O–H groups in total. The number of nitrogens with zero attached hydrogens (tertiary/aromatic N) is 2. The van der Waals surface area contributed by atoms with Gasteiger partial charge < -0.3 is 5.11 Å². The van der Waals surface area contributed by atoms with Gasteiger partial charge in [0.25, 0.3) is 5.91 Å². The van der Waals surface area contributed by atoms with Gasteiger partial charge in [-0.25, -0.2) is 4.98 Å². The number of carbonyl (C=O) groups is 1. The van der Waals surface area contributed by atoms with E-state index < -0.39 is 0 Å². The normalized spacial score (nSPS) is 10.1. The van der Waals surface area contributed by atoms with Crippen LogP contribution < -0.4 is 4.90 Å². The van der Waals surface area contributed by atoms with E-state index in [2.05, 4.69) is 4.98 Å². The molecule has 0 radical (unpaired) electrons. The van der Waals surface area contributed by atoms with Crippen LogP contribution in [0.5, 0.6) is 5.75 Å². The second-order valence-electron chi connectivity index (χ2n) is 3.72. The Morgan fingerprint density at radius 2 is 2.11 bits per heavy atom. The Balaban J connectivity index is 2.29. The number of hydrogen-bond acceptors (Lipinski definition) is 3. The maximum atomic E-state index is 12.2. The smallest absolute Gasteiger partial charge is 0.259 e. The fourth-order valence-corrected chi connectivity index (χ4v) is 1.67. The summed E-state index contributed by atoms with van der Waals surface area (Å²) in [5, 5.41) is 9.46. The summed E-state index contributed by atoms with van der Waals surface area (Å²) < 4.78 is 0. The highest BCUT2D eigenvalue weighted by Gasteiger charge is 2.15. The Kier molecular flexibility index (Phi) is 3.48. The Hall–Kier alpha value is -2.07. The molecule has 0 unspecified atom stereocenters. The third kappa shape index (κ3) is 2.43. The zero-order valence-electron chi connectivity index (χ0n) is 9.67. The number of aromatic nitrogens is 1.